The summed E-state index contributed by atoms with van der Waals surface area (Å²) < 4.78 is 5.66. The van der Waals surface area contributed by atoms with E-state index in [0.717, 1.165) is 0 Å². The first kappa shape index (κ1) is 16.7. The van der Waals surface area contributed by atoms with Crippen molar-refractivity contribution in [1.82, 2.24) is 0 Å². The molecule has 3 N–H and O–H groups in total. The number of ketones is 1. The fourth-order valence-electron chi connectivity index (χ4n) is 4.17. The third-order valence-electron chi connectivity index (χ3n) is 5.15. The molecule has 0 saturated heterocycles. The molecule has 1 spiro atoms. The molecule has 2 aliphatic heterocycles. The third-order valence-corrected chi connectivity index (χ3v) is 5.39. The number of allylic oxidation sites excluding steroid dienone is 1. The Hall–Kier alpha value is -2.78. The number of carbonyl (C=O) groups excluding carboxylic acids is 2. The van der Waals surface area contributed by atoms with E-state index in [4.69, 9.17) is 22.1 Å². The number of rotatable bonds is 0. The summed E-state index contributed by atoms with van der Waals surface area (Å²) in [6.45, 7) is 3.90. The van der Waals surface area contributed by atoms with E-state index < -0.39 is 11.3 Å². The number of nitrogens with zero attached hydrogens (tertiary/aromatic N) is 1. The van der Waals surface area contributed by atoms with Crippen molar-refractivity contribution in [2.75, 3.05) is 5.32 Å². The minimum absolute atomic E-state index is 0.0807. The molecule has 0 saturated carbocycles. The lowest BCUT2D eigenvalue weighted by molar-refractivity contribution is -0.124. The Morgan fingerprint density at radius 3 is 2.73 bits per heavy atom. The number of Topliss-reactive ketones (excluding diaryl/α,β-unsaturated/α-hetero) is 1. The van der Waals surface area contributed by atoms with Gasteiger partial charge in [-0.1, -0.05) is 25.4 Å². The third kappa shape index (κ3) is 1.98. The molecule has 1 unspecified atom stereocenters. The maximum Gasteiger partial charge on any atom is 0.245 e. The van der Waals surface area contributed by atoms with Crippen LogP contribution >= 0.6 is 11.6 Å². The number of ether oxygens (including phenoxy) is 1. The molecule has 0 bridgehead atoms. The Morgan fingerprint density at radius 2 is 2.04 bits per heavy atom. The number of anilines is 1. The smallest absolute Gasteiger partial charge is 0.245 e. The summed E-state index contributed by atoms with van der Waals surface area (Å²) in [4.78, 5) is 26.2. The van der Waals surface area contributed by atoms with Gasteiger partial charge in [0, 0.05) is 29.1 Å². The van der Waals surface area contributed by atoms with E-state index in [1.807, 2.05) is 19.9 Å². The van der Waals surface area contributed by atoms with Crippen LogP contribution in [0, 0.1) is 16.7 Å². The van der Waals surface area contributed by atoms with Crippen LogP contribution in [0.4, 0.5) is 5.69 Å². The van der Waals surface area contributed by atoms with Gasteiger partial charge in [-0.25, -0.2) is 0 Å². The largest absolute Gasteiger partial charge is 0.444 e. The lowest BCUT2D eigenvalue weighted by atomic mass is 9.62. The van der Waals surface area contributed by atoms with Crippen molar-refractivity contribution in [2.45, 2.75) is 32.1 Å². The molecular formula is C19H16ClN3O3. The van der Waals surface area contributed by atoms with Gasteiger partial charge in [-0.15, -0.1) is 0 Å². The van der Waals surface area contributed by atoms with Crippen molar-refractivity contribution in [3.05, 3.63) is 51.6 Å². The van der Waals surface area contributed by atoms with Gasteiger partial charge in [0.1, 0.15) is 22.8 Å². The second-order valence-electron chi connectivity index (χ2n) is 7.59. The van der Waals surface area contributed by atoms with E-state index in [9.17, 15) is 14.9 Å². The molecule has 1 amide bonds. The van der Waals surface area contributed by atoms with Crippen LogP contribution in [0.5, 0.6) is 0 Å². The van der Waals surface area contributed by atoms with E-state index >= 15 is 0 Å². The van der Waals surface area contributed by atoms with Crippen molar-refractivity contribution in [2.24, 2.45) is 11.1 Å². The highest BCUT2D eigenvalue weighted by atomic mass is 35.5. The van der Waals surface area contributed by atoms with Crippen molar-refractivity contribution >= 4 is 29.0 Å². The molecule has 1 aromatic rings. The van der Waals surface area contributed by atoms with Crippen molar-refractivity contribution in [3.8, 4) is 6.07 Å². The number of nitriles is 1. The normalized spacial score (nSPS) is 26.2. The number of benzene rings is 1. The Bertz CT molecular complexity index is 1000. The van der Waals surface area contributed by atoms with Crippen LogP contribution in [0.3, 0.4) is 0 Å². The van der Waals surface area contributed by atoms with Crippen molar-refractivity contribution in [3.63, 3.8) is 0 Å². The zero-order valence-corrected chi connectivity index (χ0v) is 15.0. The minimum atomic E-state index is -1.61. The van der Waals surface area contributed by atoms with Gasteiger partial charge in [0.15, 0.2) is 5.78 Å². The molecule has 7 heteroatoms. The first-order valence-electron chi connectivity index (χ1n) is 8.17. The molecule has 6 nitrogen and oxygen atoms in total. The summed E-state index contributed by atoms with van der Waals surface area (Å²) in [6, 6.07) is 6.88. The summed E-state index contributed by atoms with van der Waals surface area (Å²) in [7, 11) is 0. The fraction of sp³-hybridized carbons (Fsp3) is 0.316. The topological polar surface area (TPSA) is 105 Å². The SMILES string of the molecule is CC1(C)CC(=O)C2=C(C1)OC(N)=C(C#N)C21C(=O)Nc2ccc(Cl)cc21. The number of hydrogen-bond acceptors (Lipinski definition) is 5. The summed E-state index contributed by atoms with van der Waals surface area (Å²) in [5, 5.41) is 12.9. The lowest BCUT2D eigenvalue weighted by Gasteiger charge is -2.41. The quantitative estimate of drug-likeness (QED) is 0.731. The molecule has 0 aromatic heterocycles. The maximum atomic E-state index is 13.2. The molecule has 0 radical (unpaired) electrons. The average molecular weight is 370 g/mol. The lowest BCUT2D eigenvalue weighted by Crippen LogP contribution is -2.48. The van der Waals surface area contributed by atoms with Gasteiger partial charge in [0.05, 0.1) is 5.57 Å². The number of nitrogens with one attached hydrogen (secondary N) is 1. The second kappa shape index (κ2) is 5.12. The van der Waals surface area contributed by atoms with E-state index in [-0.39, 0.29) is 34.6 Å². The number of nitrogens with two attached hydrogens (primary N) is 1. The first-order chi connectivity index (χ1) is 12.2. The standard InChI is InChI=1S/C19H16ClN3O3/c1-18(2)6-13(24)15-14(7-18)26-16(22)11(8-21)19(15)10-5-9(20)3-4-12(10)23-17(19)25/h3-5H,6-7,22H2,1-2H3,(H,23,25). The van der Waals surface area contributed by atoms with E-state index in [2.05, 4.69) is 5.32 Å². The van der Waals surface area contributed by atoms with E-state index in [0.29, 0.717) is 28.5 Å². The number of hydrogen-bond donors (Lipinski definition) is 2. The predicted octanol–water partition coefficient (Wildman–Crippen LogP) is 2.90. The van der Waals surface area contributed by atoms with Gasteiger partial charge in [0.2, 0.25) is 11.8 Å². The molecule has 26 heavy (non-hydrogen) atoms. The van der Waals surface area contributed by atoms with Crippen LogP contribution in [0.25, 0.3) is 0 Å². The van der Waals surface area contributed by atoms with Crippen molar-refractivity contribution < 1.29 is 14.3 Å². The van der Waals surface area contributed by atoms with E-state index in [1.165, 1.54) is 0 Å². The second-order valence-corrected chi connectivity index (χ2v) is 8.02. The Balaban J connectivity index is 2.10. The molecule has 132 valence electrons. The molecule has 1 aromatic carbocycles. The van der Waals surface area contributed by atoms with E-state index in [1.54, 1.807) is 18.2 Å². The summed E-state index contributed by atoms with van der Waals surface area (Å²) in [5.74, 6) is -0.511. The Morgan fingerprint density at radius 1 is 1.31 bits per heavy atom. The van der Waals surface area contributed by atoms with Crippen LogP contribution in [0.2, 0.25) is 5.02 Å². The molecule has 1 atom stereocenters. The highest BCUT2D eigenvalue weighted by molar-refractivity contribution is 6.31. The fourth-order valence-corrected chi connectivity index (χ4v) is 4.34. The summed E-state index contributed by atoms with van der Waals surface area (Å²) >= 11 is 6.16. The Kier molecular flexibility index (Phi) is 3.28. The van der Waals surface area contributed by atoms with Crippen LogP contribution in [0.1, 0.15) is 32.3 Å². The van der Waals surface area contributed by atoms with Gasteiger partial charge in [-0.2, -0.15) is 5.26 Å². The average Bonchev–Trinajstić information content (AvgIpc) is 2.79. The molecule has 1 aliphatic carbocycles. The predicted molar refractivity (Wildman–Crippen MR) is 94.7 cm³/mol. The van der Waals surface area contributed by atoms with Crippen LogP contribution < -0.4 is 11.1 Å². The molecule has 4 rings (SSSR count). The number of carbonyl (C=O) groups is 2. The summed E-state index contributed by atoms with van der Waals surface area (Å²) in [5.41, 5.74) is 5.16. The van der Waals surface area contributed by atoms with Gasteiger partial charge in [-0.3, -0.25) is 9.59 Å². The molecular weight excluding hydrogens is 354 g/mol. The first-order valence-corrected chi connectivity index (χ1v) is 8.55. The van der Waals surface area contributed by atoms with Gasteiger partial charge < -0.3 is 15.8 Å². The van der Waals surface area contributed by atoms with Crippen molar-refractivity contribution in [1.29, 1.82) is 5.26 Å². The molecule has 2 heterocycles. The highest BCUT2D eigenvalue weighted by Gasteiger charge is 2.60. The number of fused-ring (bicyclic) bond motifs is 3. The van der Waals surface area contributed by atoms with Crippen LogP contribution in [0.15, 0.2) is 41.0 Å². The Labute approximate surface area is 155 Å². The number of amides is 1. The minimum Gasteiger partial charge on any atom is -0.444 e. The monoisotopic (exact) mass is 369 g/mol. The van der Waals surface area contributed by atoms with Gasteiger partial charge >= 0.3 is 0 Å². The van der Waals surface area contributed by atoms with Gasteiger partial charge in [-0.05, 0) is 23.6 Å². The van der Waals surface area contributed by atoms with Crippen LogP contribution in [-0.2, 0) is 19.7 Å². The van der Waals surface area contributed by atoms with Crippen LogP contribution in [-0.4, -0.2) is 11.7 Å². The zero-order chi connectivity index (χ0) is 18.9. The van der Waals surface area contributed by atoms with Gasteiger partial charge in [0.25, 0.3) is 0 Å². The zero-order valence-electron chi connectivity index (χ0n) is 14.3. The summed E-state index contributed by atoms with van der Waals surface area (Å²) in [6.07, 6.45) is 0.692. The number of halogens is 1. The highest BCUT2D eigenvalue weighted by Crippen LogP contribution is 2.56. The maximum absolute atomic E-state index is 13.2. The molecule has 3 aliphatic rings. The molecule has 0 fully saturated rings.